The van der Waals surface area contributed by atoms with Crippen molar-refractivity contribution in [2.45, 2.75) is 25.8 Å². The van der Waals surface area contributed by atoms with Crippen molar-refractivity contribution < 1.29 is 9.21 Å². The van der Waals surface area contributed by atoms with Crippen LogP contribution in [0.25, 0.3) is 17.2 Å². The standard InChI is InChI=1S/C23H25N3O2/c1-25(17-18-9-3-5-11-20(18)26-15-7-2-8-16-26)23(27)14-13-22-24-19-10-4-6-12-21(19)28-22/h3-6,9-14H,2,7-8,15-17H2,1H3/b14-13+. The van der Waals surface area contributed by atoms with Crippen LogP contribution in [0.3, 0.4) is 0 Å². The van der Waals surface area contributed by atoms with Crippen LogP contribution in [0.1, 0.15) is 30.7 Å². The largest absolute Gasteiger partial charge is 0.437 e. The predicted molar refractivity (Wildman–Crippen MR) is 112 cm³/mol. The fraction of sp³-hybridized carbons (Fsp3) is 0.304. The maximum atomic E-state index is 12.6. The minimum atomic E-state index is -0.0734. The van der Waals surface area contributed by atoms with Crippen LogP contribution >= 0.6 is 0 Å². The third-order valence-corrected chi connectivity index (χ3v) is 5.15. The maximum Gasteiger partial charge on any atom is 0.246 e. The summed E-state index contributed by atoms with van der Waals surface area (Å²) in [6, 6.07) is 16.0. The molecule has 144 valence electrons. The molecule has 5 heteroatoms. The fourth-order valence-electron chi connectivity index (χ4n) is 3.65. The summed E-state index contributed by atoms with van der Waals surface area (Å²) >= 11 is 0. The van der Waals surface area contributed by atoms with Gasteiger partial charge in [-0.3, -0.25) is 4.79 Å². The number of rotatable bonds is 5. The van der Waals surface area contributed by atoms with Gasteiger partial charge in [0.1, 0.15) is 5.52 Å². The van der Waals surface area contributed by atoms with Crippen LogP contribution in [-0.4, -0.2) is 35.9 Å². The zero-order chi connectivity index (χ0) is 19.3. The third kappa shape index (κ3) is 4.09. The number of carbonyl (C=O) groups is 1. The summed E-state index contributed by atoms with van der Waals surface area (Å²) in [5.74, 6) is 0.368. The molecular formula is C23H25N3O2. The van der Waals surface area contributed by atoms with Crippen LogP contribution in [0.2, 0.25) is 0 Å². The van der Waals surface area contributed by atoms with Gasteiger partial charge >= 0.3 is 0 Å². The van der Waals surface area contributed by atoms with E-state index in [1.165, 1.54) is 36.6 Å². The second kappa shape index (κ2) is 8.30. The number of nitrogens with zero attached hydrogens (tertiary/aromatic N) is 3. The minimum absolute atomic E-state index is 0.0734. The number of anilines is 1. The zero-order valence-corrected chi connectivity index (χ0v) is 16.2. The molecule has 1 amide bonds. The number of piperidine rings is 1. The van der Waals surface area contributed by atoms with Gasteiger partial charge in [-0.25, -0.2) is 4.98 Å². The lowest BCUT2D eigenvalue weighted by Crippen LogP contribution is -2.31. The molecule has 1 saturated heterocycles. The van der Waals surface area contributed by atoms with Crippen molar-refractivity contribution in [3.05, 3.63) is 66.1 Å². The molecule has 1 aromatic heterocycles. The Bertz CT molecular complexity index is 953. The Morgan fingerprint density at radius 2 is 1.86 bits per heavy atom. The Hall–Kier alpha value is -3.08. The van der Waals surface area contributed by atoms with Gasteiger partial charge in [0.2, 0.25) is 11.8 Å². The van der Waals surface area contributed by atoms with Gasteiger partial charge in [0.05, 0.1) is 0 Å². The van der Waals surface area contributed by atoms with Crippen LogP contribution in [0.15, 0.2) is 59.0 Å². The van der Waals surface area contributed by atoms with E-state index >= 15 is 0 Å². The lowest BCUT2D eigenvalue weighted by Gasteiger charge is -2.31. The Morgan fingerprint density at radius 1 is 1.11 bits per heavy atom. The molecule has 4 rings (SSSR count). The van der Waals surface area contributed by atoms with E-state index in [1.54, 1.807) is 11.0 Å². The Balaban J connectivity index is 1.44. The Labute approximate surface area is 165 Å². The molecule has 0 saturated carbocycles. The number of aromatic nitrogens is 1. The number of amides is 1. The smallest absolute Gasteiger partial charge is 0.246 e. The van der Waals surface area contributed by atoms with Crippen molar-refractivity contribution in [2.75, 3.05) is 25.0 Å². The normalized spacial score (nSPS) is 14.7. The highest BCUT2D eigenvalue weighted by Crippen LogP contribution is 2.25. The molecule has 0 radical (unpaired) electrons. The topological polar surface area (TPSA) is 49.6 Å². The van der Waals surface area contributed by atoms with Gasteiger partial charge in [0.25, 0.3) is 0 Å². The lowest BCUT2D eigenvalue weighted by atomic mass is 10.1. The predicted octanol–water partition coefficient (Wildman–Crippen LogP) is 4.49. The first-order chi connectivity index (χ1) is 13.7. The number of oxazole rings is 1. The van der Waals surface area contributed by atoms with Gasteiger partial charge in [-0.15, -0.1) is 0 Å². The molecule has 28 heavy (non-hydrogen) atoms. The van der Waals surface area contributed by atoms with Crippen molar-refractivity contribution in [1.29, 1.82) is 0 Å². The van der Waals surface area contributed by atoms with Crippen LogP contribution in [0.5, 0.6) is 0 Å². The van der Waals surface area contributed by atoms with Gasteiger partial charge in [-0.05, 0) is 43.0 Å². The fourth-order valence-corrected chi connectivity index (χ4v) is 3.65. The molecule has 0 aliphatic carbocycles. The molecule has 2 aromatic carbocycles. The van der Waals surface area contributed by atoms with Crippen LogP contribution in [-0.2, 0) is 11.3 Å². The number of hydrogen-bond donors (Lipinski definition) is 0. The van der Waals surface area contributed by atoms with Gasteiger partial charge in [0.15, 0.2) is 5.58 Å². The molecule has 0 N–H and O–H groups in total. The monoisotopic (exact) mass is 375 g/mol. The molecule has 0 atom stereocenters. The quantitative estimate of drug-likeness (QED) is 0.617. The number of benzene rings is 2. The summed E-state index contributed by atoms with van der Waals surface area (Å²) in [4.78, 5) is 21.1. The van der Waals surface area contributed by atoms with E-state index in [2.05, 4.69) is 28.1 Å². The average molecular weight is 375 g/mol. The molecule has 0 unspecified atom stereocenters. The first-order valence-electron chi connectivity index (χ1n) is 9.82. The van der Waals surface area contributed by atoms with Crippen LogP contribution in [0, 0.1) is 0 Å². The van der Waals surface area contributed by atoms with E-state index in [1.807, 2.05) is 37.4 Å². The van der Waals surface area contributed by atoms with Crippen molar-refractivity contribution in [3.63, 3.8) is 0 Å². The van der Waals surface area contributed by atoms with Gasteiger partial charge in [-0.2, -0.15) is 0 Å². The maximum absolute atomic E-state index is 12.6. The Morgan fingerprint density at radius 3 is 2.68 bits per heavy atom. The molecule has 1 aliphatic heterocycles. The van der Waals surface area contributed by atoms with E-state index in [0.29, 0.717) is 12.4 Å². The van der Waals surface area contributed by atoms with Crippen molar-refractivity contribution in [2.24, 2.45) is 0 Å². The average Bonchev–Trinajstić information content (AvgIpc) is 3.16. The third-order valence-electron chi connectivity index (χ3n) is 5.15. The number of fused-ring (bicyclic) bond motifs is 1. The minimum Gasteiger partial charge on any atom is -0.437 e. The van der Waals surface area contributed by atoms with Crippen molar-refractivity contribution in [3.8, 4) is 0 Å². The number of hydrogen-bond acceptors (Lipinski definition) is 4. The summed E-state index contributed by atoms with van der Waals surface area (Å²) in [5.41, 5.74) is 3.93. The highest BCUT2D eigenvalue weighted by atomic mass is 16.3. The van der Waals surface area contributed by atoms with E-state index in [-0.39, 0.29) is 5.91 Å². The van der Waals surface area contributed by atoms with E-state index in [0.717, 1.165) is 24.2 Å². The molecule has 0 bridgehead atoms. The van der Waals surface area contributed by atoms with Crippen LogP contribution in [0.4, 0.5) is 5.69 Å². The molecule has 3 aromatic rings. The summed E-state index contributed by atoms with van der Waals surface area (Å²) in [6.45, 7) is 2.75. The zero-order valence-electron chi connectivity index (χ0n) is 16.2. The Kier molecular flexibility index (Phi) is 5.42. The van der Waals surface area contributed by atoms with E-state index < -0.39 is 0 Å². The molecule has 0 spiro atoms. The summed E-state index contributed by atoms with van der Waals surface area (Å²) < 4.78 is 5.64. The molecule has 2 heterocycles. The van der Waals surface area contributed by atoms with Crippen LogP contribution < -0.4 is 4.90 Å². The molecular weight excluding hydrogens is 350 g/mol. The van der Waals surface area contributed by atoms with E-state index in [9.17, 15) is 4.79 Å². The lowest BCUT2D eigenvalue weighted by molar-refractivity contribution is -0.125. The van der Waals surface area contributed by atoms with Gasteiger partial charge < -0.3 is 14.2 Å². The van der Waals surface area contributed by atoms with Gasteiger partial charge in [-0.1, -0.05) is 30.3 Å². The van der Waals surface area contributed by atoms with Crippen molar-refractivity contribution >= 4 is 28.8 Å². The van der Waals surface area contributed by atoms with Gasteiger partial charge in [0, 0.05) is 44.5 Å². The second-order valence-electron chi connectivity index (χ2n) is 7.22. The molecule has 1 aliphatic rings. The highest BCUT2D eigenvalue weighted by Gasteiger charge is 2.16. The van der Waals surface area contributed by atoms with E-state index in [4.69, 9.17) is 4.42 Å². The summed E-state index contributed by atoms with van der Waals surface area (Å²) in [5, 5.41) is 0. The summed E-state index contributed by atoms with van der Waals surface area (Å²) in [6.07, 6.45) is 6.92. The number of para-hydroxylation sites is 3. The van der Waals surface area contributed by atoms with Crippen molar-refractivity contribution in [1.82, 2.24) is 9.88 Å². The summed E-state index contributed by atoms with van der Waals surface area (Å²) in [7, 11) is 1.83. The molecule has 1 fully saturated rings. The first kappa shape index (κ1) is 18.3. The second-order valence-corrected chi connectivity index (χ2v) is 7.22. The number of likely N-dealkylation sites (N-methyl/N-ethyl adjacent to an activating group) is 1. The highest BCUT2D eigenvalue weighted by molar-refractivity contribution is 5.91. The molecule has 5 nitrogen and oxygen atoms in total. The first-order valence-corrected chi connectivity index (χ1v) is 9.82. The SMILES string of the molecule is CN(Cc1ccccc1N1CCCCC1)C(=O)/C=C/c1nc2ccccc2o1. The number of carbonyl (C=O) groups excluding carboxylic acids is 1.